The Morgan fingerprint density at radius 3 is 2.33 bits per heavy atom. The van der Waals surface area contributed by atoms with E-state index in [1.807, 2.05) is 13.2 Å². The summed E-state index contributed by atoms with van der Waals surface area (Å²) in [6, 6.07) is 0. The predicted octanol–water partition coefficient (Wildman–Crippen LogP) is 0.805. The molecule has 1 heterocycles. The lowest BCUT2D eigenvalue weighted by Crippen LogP contribution is -2.33. The van der Waals surface area contributed by atoms with Crippen LogP contribution in [0.5, 0.6) is 0 Å². The number of carbonyl (C=O) groups is 4. The molecule has 0 aromatic rings. The third-order valence-corrected chi connectivity index (χ3v) is 5.25. The molecule has 12 heteroatoms. The fourth-order valence-electron chi connectivity index (χ4n) is 2.56. The van der Waals surface area contributed by atoms with E-state index in [1.165, 1.54) is 16.7 Å². The fourth-order valence-corrected chi connectivity index (χ4v) is 3.20. The molecule has 1 rings (SSSR count). The highest BCUT2D eigenvalue weighted by Crippen LogP contribution is 2.23. The third-order valence-electron chi connectivity index (χ3n) is 4.31. The maximum atomic E-state index is 11.8. The summed E-state index contributed by atoms with van der Waals surface area (Å²) in [6.07, 6.45) is 3.47. The van der Waals surface area contributed by atoms with Gasteiger partial charge in [0.05, 0.1) is 31.7 Å². The number of hydrogen-bond acceptors (Lipinski definition) is 9. The highest BCUT2D eigenvalue weighted by molar-refractivity contribution is 8.00. The van der Waals surface area contributed by atoms with Gasteiger partial charge >= 0.3 is 6.09 Å². The van der Waals surface area contributed by atoms with E-state index in [0.29, 0.717) is 65.3 Å². The quantitative estimate of drug-likeness (QED) is 0.237. The first kappa shape index (κ1) is 31.1. The zero-order valence-electron chi connectivity index (χ0n) is 20.2. The number of amides is 4. The Morgan fingerprint density at radius 2 is 1.73 bits per heavy atom. The van der Waals surface area contributed by atoms with Crippen LogP contribution in [0.3, 0.4) is 0 Å². The maximum Gasteiger partial charge on any atom is 0.407 e. The summed E-state index contributed by atoms with van der Waals surface area (Å²) in [6.45, 7) is 5.63. The summed E-state index contributed by atoms with van der Waals surface area (Å²) >= 11 is 1.41. The largest absolute Gasteiger partial charge is 0.447 e. The highest BCUT2D eigenvalue weighted by Gasteiger charge is 2.37. The lowest BCUT2D eigenvalue weighted by atomic mass is 10.2. The molecule has 0 aliphatic carbocycles. The van der Waals surface area contributed by atoms with Crippen molar-refractivity contribution in [3.8, 4) is 0 Å². The van der Waals surface area contributed by atoms with E-state index < -0.39 is 6.09 Å². The first-order chi connectivity index (χ1) is 15.9. The lowest BCUT2D eigenvalue weighted by Gasteiger charge is -2.14. The molecule has 11 nitrogen and oxygen atoms in total. The lowest BCUT2D eigenvalue weighted by molar-refractivity contribution is -0.138. The molecule has 0 aromatic carbocycles. The minimum atomic E-state index is -0.456. The van der Waals surface area contributed by atoms with Crippen LogP contribution in [-0.4, -0.2) is 107 Å². The number of alkyl carbamates (subject to hydrolysis) is 1. The molecular weight excluding hydrogens is 454 g/mol. The van der Waals surface area contributed by atoms with Crippen LogP contribution in [0.2, 0.25) is 0 Å². The molecule has 0 saturated carbocycles. The van der Waals surface area contributed by atoms with Crippen LogP contribution in [0.15, 0.2) is 0 Å². The Labute approximate surface area is 200 Å². The Balaban J connectivity index is 0.000000633. The molecule has 1 aliphatic heterocycles. The van der Waals surface area contributed by atoms with Crippen molar-refractivity contribution in [1.82, 2.24) is 15.5 Å². The smallest absolute Gasteiger partial charge is 0.407 e. The molecule has 0 aromatic heterocycles. The molecule has 1 unspecified atom stereocenters. The van der Waals surface area contributed by atoms with Gasteiger partial charge in [0.15, 0.2) is 0 Å². The van der Waals surface area contributed by atoms with Gasteiger partial charge in [0, 0.05) is 46.7 Å². The molecule has 1 atom stereocenters. The summed E-state index contributed by atoms with van der Waals surface area (Å²) in [4.78, 5) is 47.0. The van der Waals surface area contributed by atoms with Crippen molar-refractivity contribution in [1.29, 1.82) is 0 Å². The van der Waals surface area contributed by atoms with E-state index in [0.717, 1.165) is 6.42 Å². The summed E-state index contributed by atoms with van der Waals surface area (Å²) in [5.41, 5.74) is 0. The molecular formula is C21H39N3O8S. The Bertz CT molecular complexity index is 580. The van der Waals surface area contributed by atoms with Gasteiger partial charge in [0.1, 0.15) is 6.61 Å². The number of nitrogens with zero attached hydrogens (tertiary/aromatic N) is 1. The van der Waals surface area contributed by atoms with Crippen LogP contribution >= 0.6 is 11.8 Å². The summed E-state index contributed by atoms with van der Waals surface area (Å²) < 4.78 is 19.4. The number of ether oxygens (including phenoxy) is 4. The predicted molar refractivity (Wildman–Crippen MR) is 125 cm³/mol. The molecule has 0 spiro atoms. The minimum absolute atomic E-state index is 0.0163. The van der Waals surface area contributed by atoms with Crippen LogP contribution in [0.25, 0.3) is 0 Å². The SMILES string of the molecule is CCCNC(=O)CCCN1C(=O)CC(SC)C1=O.COCCOCCNC(=O)OCCOC. The van der Waals surface area contributed by atoms with E-state index >= 15 is 0 Å². The number of imide groups is 1. The van der Waals surface area contributed by atoms with Crippen molar-refractivity contribution in [2.45, 2.75) is 37.9 Å². The molecule has 192 valence electrons. The average molecular weight is 494 g/mol. The Kier molecular flexibility index (Phi) is 19.5. The van der Waals surface area contributed by atoms with Crippen molar-refractivity contribution >= 4 is 35.6 Å². The van der Waals surface area contributed by atoms with Gasteiger partial charge in [-0.2, -0.15) is 11.8 Å². The van der Waals surface area contributed by atoms with E-state index in [9.17, 15) is 19.2 Å². The fraction of sp³-hybridized carbons (Fsp3) is 0.810. The zero-order valence-corrected chi connectivity index (χ0v) is 21.0. The number of rotatable bonds is 16. The second-order valence-corrected chi connectivity index (χ2v) is 7.97. The Hall–Kier alpha value is -1.89. The van der Waals surface area contributed by atoms with Crippen molar-refractivity contribution in [3.63, 3.8) is 0 Å². The minimum Gasteiger partial charge on any atom is -0.447 e. The van der Waals surface area contributed by atoms with Gasteiger partial charge in [-0.1, -0.05) is 6.92 Å². The first-order valence-electron chi connectivity index (χ1n) is 11.0. The van der Waals surface area contributed by atoms with E-state index in [-0.39, 0.29) is 29.6 Å². The molecule has 0 radical (unpaired) electrons. The van der Waals surface area contributed by atoms with Gasteiger partial charge in [-0.25, -0.2) is 4.79 Å². The number of nitrogens with one attached hydrogen (secondary N) is 2. The molecule has 0 bridgehead atoms. The molecule has 1 aliphatic rings. The molecule has 33 heavy (non-hydrogen) atoms. The number of methoxy groups -OCH3 is 2. The monoisotopic (exact) mass is 493 g/mol. The second kappa shape index (κ2) is 20.7. The number of carbonyl (C=O) groups excluding carboxylic acids is 4. The Morgan fingerprint density at radius 1 is 1.03 bits per heavy atom. The van der Waals surface area contributed by atoms with Crippen molar-refractivity contribution in [2.24, 2.45) is 0 Å². The first-order valence-corrected chi connectivity index (χ1v) is 12.3. The average Bonchev–Trinajstić information content (AvgIpc) is 3.08. The number of likely N-dealkylation sites (tertiary alicyclic amines) is 1. The van der Waals surface area contributed by atoms with Crippen LogP contribution in [0, 0.1) is 0 Å². The normalized spacial score (nSPS) is 15.2. The van der Waals surface area contributed by atoms with Gasteiger partial charge in [0.2, 0.25) is 17.7 Å². The van der Waals surface area contributed by atoms with Crippen molar-refractivity contribution in [3.05, 3.63) is 0 Å². The van der Waals surface area contributed by atoms with E-state index in [4.69, 9.17) is 18.9 Å². The third kappa shape index (κ3) is 15.6. The van der Waals surface area contributed by atoms with E-state index in [2.05, 4.69) is 10.6 Å². The molecule has 1 fully saturated rings. The van der Waals surface area contributed by atoms with Crippen LogP contribution in [0.4, 0.5) is 4.79 Å². The zero-order chi connectivity index (χ0) is 24.9. The highest BCUT2D eigenvalue weighted by atomic mass is 32.2. The second-order valence-electron chi connectivity index (χ2n) is 6.93. The molecule has 4 amide bonds. The maximum absolute atomic E-state index is 11.8. The van der Waals surface area contributed by atoms with Crippen LogP contribution < -0.4 is 10.6 Å². The molecule has 1 saturated heterocycles. The number of hydrogen-bond donors (Lipinski definition) is 2. The van der Waals surface area contributed by atoms with Gasteiger partial charge in [0.25, 0.3) is 0 Å². The van der Waals surface area contributed by atoms with Crippen molar-refractivity contribution < 1.29 is 38.1 Å². The van der Waals surface area contributed by atoms with E-state index in [1.54, 1.807) is 14.2 Å². The number of thioether (sulfide) groups is 1. The van der Waals surface area contributed by atoms with Gasteiger partial charge in [-0.15, -0.1) is 0 Å². The van der Waals surface area contributed by atoms with Gasteiger partial charge in [-0.05, 0) is 19.1 Å². The summed E-state index contributed by atoms with van der Waals surface area (Å²) in [7, 11) is 3.15. The topological polar surface area (TPSA) is 133 Å². The van der Waals surface area contributed by atoms with Crippen LogP contribution in [0.1, 0.15) is 32.6 Å². The standard InChI is InChI=1S/C12H20N2O3S.C9H19NO5/c1-3-6-13-10(15)5-4-7-14-11(16)8-9(18-2)12(14)17;1-12-5-7-14-4-3-10-9(11)15-8-6-13-2/h9H,3-8H2,1-2H3,(H,13,15);3-8H2,1-2H3,(H,10,11). The summed E-state index contributed by atoms with van der Waals surface area (Å²) in [5, 5.41) is 5.07. The van der Waals surface area contributed by atoms with Gasteiger partial charge < -0.3 is 29.6 Å². The van der Waals surface area contributed by atoms with Crippen LogP contribution in [-0.2, 0) is 33.3 Å². The summed E-state index contributed by atoms with van der Waals surface area (Å²) in [5.74, 6) is -0.243. The molecule has 2 N–H and O–H groups in total. The van der Waals surface area contributed by atoms with Crippen molar-refractivity contribution in [2.75, 3.05) is 73.1 Å². The van der Waals surface area contributed by atoms with Gasteiger partial charge in [-0.3, -0.25) is 19.3 Å².